The number of hydrogen-bond donors (Lipinski definition) is 0. The van der Waals surface area contributed by atoms with Crippen molar-refractivity contribution in [2.24, 2.45) is 0 Å². The Morgan fingerprint density at radius 1 is 1.45 bits per heavy atom. The topological polar surface area (TPSA) is 46.4 Å². The van der Waals surface area contributed by atoms with Crippen LogP contribution < -0.4 is 4.90 Å². The molecule has 1 aromatic heterocycles. The van der Waals surface area contributed by atoms with Crippen molar-refractivity contribution < 1.29 is 4.92 Å². The molecule has 1 atom stereocenters. The van der Waals surface area contributed by atoms with Gasteiger partial charge in [0.05, 0.1) is 8.49 Å². The summed E-state index contributed by atoms with van der Waals surface area (Å²) in [5.41, 5.74) is 1.16. The summed E-state index contributed by atoms with van der Waals surface area (Å²) < 4.78 is 0.667. The van der Waals surface area contributed by atoms with Crippen LogP contribution in [0.4, 0.5) is 11.4 Å². The highest BCUT2D eigenvalue weighted by molar-refractivity contribution is 14.1. The zero-order valence-electron chi connectivity index (χ0n) is 11.2. The van der Waals surface area contributed by atoms with Gasteiger partial charge in [-0.05, 0) is 53.1 Å². The Balaban J connectivity index is 2.14. The standard InChI is InChI=1S/C14H15IN2O2S/c1-10(8-12-4-3-7-20-12)16(2)11-5-6-14(17(18)19)13(15)9-11/h3-7,9-10H,8H2,1-2H3. The van der Waals surface area contributed by atoms with Crippen LogP contribution in [0.5, 0.6) is 0 Å². The smallest absolute Gasteiger partial charge is 0.282 e. The summed E-state index contributed by atoms with van der Waals surface area (Å²) in [7, 11) is 2.02. The second-order valence-electron chi connectivity index (χ2n) is 4.64. The molecule has 0 saturated carbocycles. The predicted molar refractivity (Wildman–Crippen MR) is 91.7 cm³/mol. The van der Waals surface area contributed by atoms with E-state index >= 15 is 0 Å². The third kappa shape index (κ3) is 3.49. The normalized spacial score (nSPS) is 12.2. The molecule has 2 rings (SSSR count). The van der Waals surface area contributed by atoms with Gasteiger partial charge in [-0.3, -0.25) is 10.1 Å². The lowest BCUT2D eigenvalue weighted by Crippen LogP contribution is -2.30. The molecule has 20 heavy (non-hydrogen) atoms. The number of likely N-dealkylation sites (N-methyl/N-ethyl adjacent to an activating group) is 1. The van der Waals surface area contributed by atoms with Gasteiger partial charge >= 0.3 is 0 Å². The van der Waals surface area contributed by atoms with Gasteiger partial charge in [-0.15, -0.1) is 11.3 Å². The Hall–Kier alpha value is -1.15. The summed E-state index contributed by atoms with van der Waals surface area (Å²) in [6.07, 6.45) is 0.974. The molecule has 0 aliphatic rings. The number of anilines is 1. The van der Waals surface area contributed by atoms with Crippen molar-refractivity contribution >= 4 is 45.3 Å². The van der Waals surface area contributed by atoms with E-state index in [1.807, 2.05) is 41.8 Å². The molecule has 0 aliphatic heterocycles. The van der Waals surface area contributed by atoms with E-state index < -0.39 is 0 Å². The van der Waals surface area contributed by atoms with Crippen molar-refractivity contribution in [2.45, 2.75) is 19.4 Å². The maximum absolute atomic E-state index is 10.8. The van der Waals surface area contributed by atoms with Gasteiger partial charge in [-0.1, -0.05) is 6.07 Å². The molecule has 0 saturated heterocycles. The molecule has 6 heteroatoms. The van der Waals surface area contributed by atoms with Crippen LogP contribution in [0.25, 0.3) is 0 Å². The van der Waals surface area contributed by atoms with Crippen molar-refractivity contribution in [3.63, 3.8) is 0 Å². The maximum atomic E-state index is 10.8. The first-order chi connectivity index (χ1) is 9.49. The molecule has 1 heterocycles. The average Bonchev–Trinajstić information content (AvgIpc) is 2.90. The molecule has 0 aliphatic carbocycles. The second-order valence-corrected chi connectivity index (χ2v) is 6.83. The minimum absolute atomic E-state index is 0.161. The molecule has 1 aromatic carbocycles. The Labute approximate surface area is 135 Å². The minimum Gasteiger partial charge on any atom is -0.371 e. The molecule has 1 unspecified atom stereocenters. The first kappa shape index (κ1) is 15.2. The summed E-state index contributed by atoms with van der Waals surface area (Å²) in [4.78, 5) is 14.0. The average molecular weight is 402 g/mol. The van der Waals surface area contributed by atoms with E-state index in [1.54, 1.807) is 17.4 Å². The van der Waals surface area contributed by atoms with Gasteiger partial charge in [0, 0.05) is 36.1 Å². The van der Waals surface area contributed by atoms with E-state index in [0.717, 1.165) is 12.1 Å². The molecule has 4 nitrogen and oxygen atoms in total. The zero-order valence-corrected chi connectivity index (χ0v) is 14.2. The van der Waals surface area contributed by atoms with Gasteiger partial charge < -0.3 is 4.90 Å². The van der Waals surface area contributed by atoms with Gasteiger partial charge in [0.25, 0.3) is 5.69 Å². The van der Waals surface area contributed by atoms with E-state index in [4.69, 9.17) is 0 Å². The second kappa shape index (κ2) is 6.53. The summed E-state index contributed by atoms with van der Waals surface area (Å²) in [6.45, 7) is 2.16. The van der Waals surface area contributed by atoms with Gasteiger partial charge in [-0.2, -0.15) is 0 Å². The summed E-state index contributed by atoms with van der Waals surface area (Å²) in [5, 5.41) is 12.9. The van der Waals surface area contributed by atoms with Crippen molar-refractivity contribution in [3.05, 3.63) is 54.3 Å². The monoisotopic (exact) mass is 402 g/mol. The summed E-state index contributed by atoms with van der Waals surface area (Å²) >= 11 is 3.77. The first-order valence-electron chi connectivity index (χ1n) is 6.18. The Morgan fingerprint density at radius 3 is 2.75 bits per heavy atom. The van der Waals surface area contributed by atoms with Crippen LogP contribution in [-0.4, -0.2) is 18.0 Å². The molecule has 0 radical (unpaired) electrons. The Bertz CT molecular complexity index is 601. The van der Waals surface area contributed by atoms with E-state index in [0.29, 0.717) is 9.61 Å². The van der Waals surface area contributed by atoms with Crippen LogP contribution >= 0.6 is 33.9 Å². The first-order valence-corrected chi connectivity index (χ1v) is 8.14. The molecular formula is C14H15IN2O2S. The van der Waals surface area contributed by atoms with E-state index in [9.17, 15) is 10.1 Å². The number of nitro benzene ring substituents is 1. The number of benzene rings is 1. The third-order valence-electron chi connectivity index (χ3n) is 3.27. The fourth-order valence-corrected chi connectivity index (χ4v) is 3.50. The van der Waals surface area contributed by atoms with Crippen molar-refractivity contribution in [2.75, 3.05) is 11.9 Å². The Kier molecular flexibility index (Phi) is 4.98. The summed E-state index contributed by atoms with van der Waals surface area (Å²) in [6, 6.07) is 9.78. The highest BCUT2D eigenvalue weighted by Crippen LogP contribution is 2.27. The van der Waals surface area contributed by atoms with E-state index in [1.165, 1.54) is 4.88 Å². The number of halogens is 1. The largest absolute Gasteiger partial charge is 0.371 e. The molecule has 2 aromatic rings. The highest BCUT2D eigenvalue weighted by atomic mass is 127. The lowest BCUT2D eigenvalue weighted by atomic mass is 10.1. The van der Waals surface area contributed by atoms with E-state index in [-0.39, 0.29) is 10.6 Å². The van der Waals surface area contributed by atoms with Gasteiger partial charge in [0.15, 0.2) is 0 Å². The maximum Gasteiger partial charge on any atom is 0.282 e. The van der Waals surface area contributed by atoms with Crippen LogP contribution in [0.3, 0.4) is 0 Å². The van der Waals surface area contributed by atoms with Crippen molar-refractivity contribution in [1.82, 2.24) is 0 Å². The fraction of sp³-hybridized carbons (Fsp3) is 0.286. The number of nitrogens with zero attached hydrogens (tertiary/aromatic N) is 2. The molecule has 0 bridgehead atoms. The van der Waals surface area contributed by atoms with E-state index in [2.05, 4.69) is 29.3 Å². The minimum atomic E-state index is -0.347. The number of rotatable bonds is 5. The molecule has 106 valence electrons. The lowest BCUT2D eigenvalue weighted by molar-refractivity contribution is -0.385. The van der Waals surface area contributed by atoms with Gasteiger partial charge in [0.2, 0.25) is 0 Å². The molecule has 0 fully saturated rings. The molecular weight excluding hydrogens is 387 g/mol. The molecule has 0 spiro atoms. The lowest BCUT2D eigenvalue weighted by Gasteiger charge is -2.27. The predicted octanol–water partition coefficient (Wildman–Crippen LogP) is 4.33. The third-order valence-corrected chi connectivity index (χ3v) is 5.04. The fourth-order valence-electron chi connectivity index (χ4n) is 1.97. The quantitative estimate of drug-likeness (QED) is 0.425. The summed E-state index contributed by atoms with van der Waals surface area (Å²) in [5.74, 6) is 0. The number of thiophene rings is 1. The van der Waals surface area contributed by atoms with Gasteiger partial charge in [0.1, 0.15) is 0 Å². The number of hydrogen-bond acceptors (Lipinski definition) is 4. The van der Waals surface area contributed by atoms with Crippen molar-refractivity contribution in [1.29, 1.82) is 0 Å². The van der Waals surface area contributed by atoms with Crippen LogP contribution in [0.1, 0.15) is 11.8 Å². The molecule has 0 amide bonds. The zero-order chi connectivity index (χ0) is 14.7. The van der Waals surface area contributed by atoms with Crippen LogP contribution in [-0.2, 0) is 6.42 Å². The highest BCUT2D eigenvalue weighted by Gasteiger charge is 2.16. The molecule has 0 N–H and O–H groups in total. The SMILES string of the molecule is CC(Cc1cccs1)N(C)c1ccc([N+](=O)[O-])c(I)c1. The number of nitro groups is 1. The van der Waals surface area contributed by atoms with Crippen molar-refractivity contribution in [3.8, 4) is 0 Å². The van der Waals surface area contributed by atoms with Crippen LogP contribution in [0.2, 0.25) is 0 Å². The van der Waals surface area contributed by atoms with Crippen LogP contribution in [0, 0.1) is 13.7 Å². The Morgan fingerprint density at radius 2 is 2.20 bits per heavy atom. The van der Waals surface area contributed by atoms with Crippen LogP contribution in [0.15, 0.2) is 35.7 Å². The van der Waals surface area contributed by atoms with Gasteiger partial charge in [-0.25, -0.2) is 0 Å².